The van der Waals surface area contributed by atoms with Gasteiger partial charge in [-0.15, -0.1) is 0 Å². The molecule has 84 valence electrons. The smallest absolute Gasteiger partial charge is 0.121 e. The second-order valence-electron chi connectivity index (χ2n) is 4.13. The zero-order chi connectivity index (χ0) is 11.2. The minimum absolute atomic E-state index is 0.203. The standard InChI is InChI=1S/C15H18O/c1-2-7-13-8-6-11-15(12-13)16-14-9-4-3-5-10-14/h3-6,8-11,15H,2,7,12H2,1H3. The number of ether oxygens (including phenoxy) is 1. The van der Waals surface area contributed by atoms with E-state index < -0.39 is 0 Å². The van der Waals surface area contributed by atoms with Gasteiger partial charge in [-0.1, -0.05) is 49.3 Å². The fourth-order valence-corrected chi connectivity index (χ4v) is 1.97. The third-order valence-electron chi connectivity index (χ3n) is 2.72. The number of hydrogen-bond acceptors (Lipinski definition) is 1. The van der Waals surface area contributed by atoms with Crippen LogP contribution in [-0.4, -0.2) is 6.10 Å². The molecular formula is C15H18O. The lowest BCUT2D eigenvalue weighted by Gasteiger charge is -2.20. The van der Waals surface area contributed by atoms with Crippen LogP contribution in [0.3, 0.4) is 0 Å². The maximum absolute atomic E-state index is 5.90. The zero-order valence-corrected chi connectivity index (χ0v) is 9.73. The number of para-hydroxylation sites is 1. The predicted octanol–water partition coefficient (Wildman–Crippen LogP) is 4.12. The van der Waals surface area contributed by atoms with Crippen LogP contribution in [-0.2, 0) is 0 Å². The summed E-state index contributed by atoms with van der Waals surface area (Å²) in [6.07, 6.45) is 10.1. The molecule has 0 aromatic heterocycles. The Morgan fingerprint density at radius 2 is 2.06 bits per heavy atom. The van der Waals surface area contributed by atoms with Crippen LogP contribution < -0.4 is 4.74 Å². The molecule has 1 aliphatic rings. The normalized spacial score (nSPS) is 19.3. The molecule has 16 heavy (non-hydrogen) atoms. The summed E-state index contributed by atoms with van der Waals surface area (Å²) in [5.74, 6) is 0.954. The Morgan fingerprint density at radius 1 is 1.25 bits per heavy atom. The fourth-order valence-electron chi connectivity index (χ4n) is 1.97. The van der Waals surface area contributed by atoms with E-state index >= 15 is 0 Å². The first-order chi connectivity index (χ1) is 7.88. The summed E-state index contributed by atoms with van der Waals surface area (Å²) in [7, 11) is 0. The number of benzene rings is 1. The molecular weight excluding hydrogens is 196 g/mol. The van der Waals surface area contributed by atoms with Crippen LogP contribution in [0, 0.1) is 0 Å². The van der Waals surface area contributed by atoms with Crippen molar-refractivity contribution in [2.24, 2.45) is 0 Å². The summed E-state index contributed by atoms with van der Waals surface area (Å²) in [5.41, 5.74) is 1.49. The monoisotopic (exact) mass is 214 g/mol. The van der Waals surface area contributed by atoms with Crippen LogP contribution >= 0.6 is 0 Å². The molecule has 0 spiro atoms. The summed E-state index contributed by atoms with van der Waals surface area (Å²) in [4.78, 5) is 0. The van der Waals surface area contributed by atoms with Gasteiger partial charge in [-0.2, -0.15) is 0 Å². The molecule has 0 saturated heterocycles. The first-order valence-corrected chi connectivity index (χ1v) is 5.96. The summed E-state index contributed by atoms with van der Waals surface area (Å²) >= 11 is 0. The Balaban J connectivity index is 1.94. The van der Waals surface area contributed by atoms with Crippen LogP contribution in [0.4, 0.5) is 0 Å². The van der Waals surface area contributed by atoms with E-state index in [-0.39, 0.29) is 6.10 Å². The lowest BCUT2D eigenvalue weighted by Crippen LogP contribution is -2.16. The number of allylic oxidation sites excluding steroid dienone is 2. The van der Waals surface area contributed by atoms with Gasteiger partial charge >= 0.3 is 0 Å². The van der Waals surface area contributed by atoms with Crippen LogP contribution in [0.1, 0.15) is 26.2 Å². The van der Waals surface area contributed by atoms with Gasteiger partial charge in [0.1, 0.15) is 11.9 Å². The molecule has 0 amide bonds. The second kappa shape index (κ2) is 5.55. The molecule has 2 rings (SSSR count). The molecule has 0 bridgehead atoms. The van der Waals surface area contributed by atoms with Crippen molar-refractivity contribution in [2.75, 3.05) is 0 Å². The van der Waals surface area contributed by atoms with Gasteiger partial charge in [0, 0.05) is 6.42 Å². The molecule has 1 aromatic carbocycles. The molecule has 1 heteroatoms. The fraction of sp³-hybridized carbons (Fsp3) is 0.333. The lowest BCUT2D eigenvalue weighted by atomic mass is 9.99. The second-order valence-corrected chi connectivity index (χ2v) is 4.13. The lowest BCUT2D eigenvalue weighted by molar-refractivity contribution is 0.246. The number of rotatable bonds is 4. The van der Waals surface area contributed by atoms with E-state index in [1.165, 1.54) is 18.4 Å². The van der Waals surface area contributed by atoms with Gasteiger partial charge < -0.3 is 4.74 Å². The first-order valence-electron chi connectivity index (χ1n) is 5.96. The Kier molecular flexibility index (Phi) is 3.81. The zero-order valence-electron chi connectivity index (χ0n) is 9.73. The van der Waals surface area contributed by atoms with E-state index in [1.807, 2.05) is 30.3 Å². The molecule has 1 atom stereocenters. The quantitative estimate of drug-likeness (QED) is 0.732. The van der Waals surface area contributed by atoms with E-state index in [0.717, 1.165) is 12.2 Å². The predicted molar refractivity (Wildman–Crippen MR) is 67.6 cm³/mol. The van der Waals surface area contributed by atoms with Crippen molar-refractivity contribution in [2.45, 2.75) is 32.3 Å². The topological polar surface area (TPSA) is 9.23 Å². The summed E-state index contributed by atoms with van der Waals surface area (Å²) in [6.45, 7) is 2.21. The molecule has 1 nitrogen and oxygen atoms in total. The average molecular weight is 214 g/mol. The van der Waals surface area contributed by atoms with Crippen LogP contribution in [0.25, 0.3) is 0 Å². The molecule has 1 unspecified atom stereocenters. The first kappa shape index (κ1) is 11.0. The number of hydrogen-bond donors (Lipinski definition) is 0. The minimum atomic E-state index is 0.203. The van der Waals surface area contributed by atoms with Crippen molar-refractivity contribution in [3.63, 3.8) is 0 Å². The summed E-state index contributed by atoms with van der Waals surface area (Å²) in [5, 5.41) is 0. The van der Waals surface area contributed by atoms with Crippen LogP contribution in [0.5, 0.6) is 5.75 Å². The van der Waals surface area contributed by atoms with E-state index in [1.54, 1.807) is 0 Å². The third kappa shape index (κ3) is 2.99. The van der Waals surface area contributed by atoms with E-state index in [0.29, 0.717) is 0 Å². The van der Waals surface area contributed by atoms with E-state index in [2.05, 4.69) is 25.2 Å². The Hall–Kier alpha value is -1.50. The SMILES string of the molecule is CCCC1=CC=CC(Oc2ccccc2)C1. The average Bonchev–Trinajstić information content (AvgIpc) is 2.31. The molecule has 0 fully saturated rings. The van der Waals surface area contributed by atoms with Gasteiger partial charge in [-0.25, -0.2) is 0 Å². The highest BCUT2D eigenvalue weighted by molar-refractivity contribution is 5.25. The van der Waals surface area contributed by atoms with E-state index in [9.17, 15) is 0 Å². The van der Waals surface area contributed by atoms with Gasteiger partial charge in [-0.3, -0.25) is 0 Å². The van der Waals surface area contributed by atoms with Gasteiger partial charge in [0.05, 0.1) is 0 Å². The Labute approximate surface area is 97.4 Å². The van der Waals surface area contributed by atoms with Gasteiger partial charge in [-0.05, 0) is 24.6 Å². The molecule has 0 radical (unpaired) electrons. The maximum atomic E-state index is 5.90. The van der Waals surface area contributed by atoms with E-state index in [4.69, 9.17) is 4.74 Å². The molecule has 0 aliphatic heterocycles. The molecule has 1 aromatic rings. The van der Waals surface area contributed by atoms with Gasteiger partial charge in [0.25, 0.3) is 0 Å². The molecule has 1 aliphatic carbocycles. The van der Waals surface area contributed by atoms with Gasteiger partial charge in [0.2, 0.25) is 0 Å². The van der Waals surface area contributed by atoms with Gasteiger partial charge in [0.15, 0.2) is 0 Å². The Morgan fingerprint density at radius 3 is 2.81 bits per heavy atom. The van der Waals surface area contributed by atoms with Crippen LogP contribution in [0.15, 0.2) is 54.1 Å². The maximum Gasteiger partial charge on any atom is 0.121 e. The van der Waals surface area contributed by atoms with Crippen molar-refractivity contribution in [1.82, 2.24) is 0 Å². The largest absolute Gasteiger partial charge is 0.486 e. The van der Waals surface area contributed by atoms with Crippen LogP contribution in [0.2, 0.25) is 0 Å². The van der Waals surface area contributed by atoms with Crippen molar-refractivity contribution in [1.29, 1.82) is 0 Å². The van der Waals surface area contributed by atoms with Crippen molar-refractivity contribution in [3.8, 4) is 5.75 Å². The van der Waals surface area contributed by atoms with Crippen molar-refractivity contribution >= 4 is 0 Å². The van der Waals surface area contributed by atoms with Crippen molar-refractivity contribution in [3.05, 3.63) is 54.1 Å². The minimum Gasteiger partial charge on any atom is -0.486 e. The summed E-state index contributed by atoms with van der Waals surface area (Å²) in [6, 6.07) is 10.0. The Bertz CT molecular complexity index is 376. The summed E-state index contributed by atoms with van der Waals surface area (Å²) < 4.78 is 5.90. The third-order valence-corrected chi connectivity index (χ3v) is 2.72. The van der Waals surface area contributed by atoms with Crippen molar-refractivity contribution < 1.29 is 4.74 Å². The molecule has 0 N–H and O–H groups in total. The highest BCUT2D eigenvalue weighted by Gasteiger charge is 2.12. The molecule has 0 heterocycles. The highest BCUT2D eigenvalue weighted by Crippen LogP contribution is 2.21. The molecule has 0 saturated carbocycles. The highest BCUT2D eigenvalue weighted by atomic mass is 16.5.